The Hall–Kier alpha value is -2.86. The van der Waals surface area contributed by atoms with E-state index in [2.05, 4.69) is 9.97 Å². The number of benzene rings is 1. The summed E-state index contributed by atoms with van der Waals surface area (Å²) in [6.45, 7) is 1.34. The number of fused-ring (bicyclic) bond motifs is 2. The molecule has 1 spiro atoms. The highest BCUT2D eigenvalue weighted by atomic mass is 16.5. The molecule has 5 rings (SSSR count). The third-order valence-electron chi connectivity index (χ3n) is 5.89. The van der Waals surface area contributed by atoms with Crippen molar-refractivity contribution in [1.29, 1.82) is 0 Å². The van der Waals surface area contributed by atoms with Crippen LogP contribution < -0.4 is 10.5 Å². The molecule has 0 saturated carbocycles. The Morgan fingerprint density at radius 2 is 2.04 bits per heavy atom. The van der Waals surface area contributed by atoms with E-state index in [0.29, 0.717) is 18.7 Å². The monoisotopic (exact) mass is 362 g/mol. The summed E-state index contributed by atoms with van der Waals surface area (Å²) in [6, 6.07) is 11.7. The van der Waals surface area contributed by atoms with Crippen molar-refractivity contribution in [2.45, 2.75) is 30.9 Å². The number of ether oxygens (including phenoxy) is 1. The van der Waals surface area contributed by atoms with E-state index in [9.17, 15) is 4.79 Å². The Morgan fingerprint density at radius 3 is 2.89 bits per heavy atom. The summed E-state index contributed by atoms with van der Waals surface area (Å²) in [5.41, 5.74) is 8.66. The van der Waals surface area contributed by atoms with Gasteiger partial charge in [-0.05, 0) is 18.2 Å². The highest BCUT2D eigenvalue weighted by Gasteiger charge is 2.43. The normalized spacial score (nSPS) is 21.1. The SMILES string of the molecule is NC1CC2(CCN(C(=O)c3ccnc4[nH]ccc34)CC2)Oc2ccccc21. The molecule has 6 nitrogen and oxygen atoms in total. The Kier molecular flexibility index (Phi) is 3.68. The van der Waals surface area contributed by atoms with Gasteiger partial charge in [0.2, 0.25) is 0 Å². The zero-order valence-corrected chi connectivity index (χ0v) is 15.0. The van der Waals surface area contributed by atoms with E-state index in [0.717, 1.165) is 41.6 Å². The molecule has 1 aromatic carbocycles. The van der Waals surface area contributed by atoms with Crippen molar-refractivity contribution >= 4 is 16.9 Å². The number of nitrogens with zero attached hydrogens (tertiary/aromatic N) is 2. The number of H-pyrrole nitrogens is 1. The van der Waals surface area contributed by atoms with Gasteiger partial charge in [0.25, 0.3) is 5.91 Å². The Balaban J connectivity index is 1.35. The molecule has 2 aliphatic rings. The van der Waals surface area contributed by atoms with Crippen molar-refractivity contribution in [2.24, 2.45) is 5.73 Å². The summed E-state index contributed by atoms with van der Waals surface area (Å²) in [5, 5.41) is 0.868. The van der Waals surface area contributed by atoms with Gasteiger partial charge >= 0.3 is 0 Å². The average molecular weight is 362 g/mol. The van der Waals surface area contributed by atoms with Crippen molar-refractivity contribution < 1.29 is 9.53 Å². The second-order valence-corrected chi connectivity index (χ2v) is 7.52. The van der Waals surface area contributed by atoms with Crippen molar-refractivity contribution in [3.63, 3.8) is 0 Å². The number of carbonyl (C=O) groups is 1. The van der Waals surface area contributed by atoms with Crippen LogP contribution in [0.5, 0.6) is 5.75 Å². The van der Waals surface area contributed by atoms with Crippen LogP contribution in [0, 0.1) is 0 Å². The molecular formula is C21H22N4O2. The number of nitrogens with one attached hydrogen (secondary N) is 1. The minimum Gasteiger partial charge on any atom is -0.487 e. The van der Waals surface area contributed by atoms with E-state index in [4.69, 9.17) is 10.5 Å². The fourth-order valence-electron chi connectivity index (χ4n) is 4.41. The van der Waals surface area contributed by atoms with E-state index in [1.165, 1.54) is 0 Å². The molecular weight excluding hydrogens is 340 g/mol. The molecule has 3 aromatic rings. The zero-order valence-electron chi connectivity index (χ0n) is 15.0. The maximum Gasteiger partial charge on any atom is 0.254 e. The molecule has 1 unspecified atom stereocenters. The van der Waals surface area contributed by atoms with Crippen LogP contribution in [-0.2, 0) is 0 Å². The van der Waals surface area contributed by atoms with Gasteiger partial charge in [0.05, 0.1) is 5.56 Å². The third-order valence-corrected chi connectivity index (χ3v) is 5.89. The van der Waals surface area contributed by atoms with E-state index >= 15 is 0 Å². The first-order chi connectivity index (χ1) is 13.2. The lowest BCUT2D eigenvalue weighted by Crippen LogP contribution is -2.52. The lowest BCUT2D eigenvalue weighted by Gasteiger charge is -2.46. The standard InChI is InChI=1S/C21H22N4O2/c22-17-13-21(27-18-4-2-1-3-16(17)18)7-11-25(12-8-21)20(26)15-6-10-24-19-14(15)5-9-23-19/h1-6,9-10,17H,7-8,11-13,22H2,(H,23,24). The van der Waals surface area contributed by atoms with Gasteiger partial charge < -0.3 is 20.4 Å². The molecule has 1 fully saturated rings. The zero-order chi connectivity index (χ0) is 18.4. The molecule has 138 valence electrons. The number of hydrogen-bond donors (Lipinski definition) is 2. The third kappa shape index (κ3) is 2.68. The van der Waals surface area contributed by atoms with Gasteiger partial charge in [0.15, 0.2) is 0 Å². The first kappa shape index (κ1) is 16.3. The van der Waals surface area contributed by atoms with E-state index in [1.807, 2.05) is 41.4 Å². The number of pyridine rings is 1. The van der Waals surface area contributed by atoms with Crippen LogP contribution in [-0.4, -0.2) is 39.5 Å². The molecule has 6 heteroatoms. The number of rotatable bonds is 1. The summed E-state index contributed by atoms with van der Waals surface area (Å²) in [7, 11) is 0. The molecule has 2 aromatic heterocycles. The van der Waals surface area contributed by atoms with Gasteiger partial charge in [-0.1, -0.05) is 18.2 Å². The van der Waals surface area contributed by atoms with E-state index in [-0.39, 0.29) is 17.6 Å². The smallest absolute Gasteiger partial charge is 0.254 e. The van der Waals surface area contributed by atoms with Crippen molar-refractivity contribution in [1.82, 2.24) is 14.9 Å². The van der Waals surface area contributed by atoms with Crippen LogP contribution >= 0.6 is 0 Å². The number of piperidine rings is 1. The van der Waals surface area contributed by atoms with Crippen LogP contribution in [0.25, 0.3) is 11.0 Å². The van der Waals surface area contributed by atoms with E-state index < -0.39 is 0 Å². The fourth-order valence-corrected chi connectivity index (χ4v) is 4.41. The molecule has 1 amide bonds. The molecule has 3 N–H and O–H groups in total. The lowest BCUT2D eigenvalue weighted by atomic mass is 9.81. The van der Waals surface area contributed by atoms with Crippen molar-refractivity contribution in [3.05, 3.63) is 59.9 Å². The molecule has 0 radical (unpaired) electrons. The predicted octanol–water partition coefficient (Wildman–Crippen LogP) is 3.02. The molecule has 27 heavy (non-hydrogen) atoms. The number of carbonyl (C=O) groups excluding carboxylic acids is 1. The predicted molar refractivity (Wildman–Crippen MR) is 103 cm³/mol. The molecule has 4 heterocycles. The minimum absolute atomic E-state index is 0.0168. The van der Waals surface area contributed by atoms with Crippen LogP contribution in [0.4, 0.5) is 0 Å². The van der Waals surface area contributed by atoms with E-state index in [1.54, 1.807) is 12.3 Å². The van der Waals surface area contributed by atoms with Gasteiger partial charge in [-0.3, -0.25) is 4.79 Å². The van der Waals surface area contributed by atoms with Crippen LogP contribution in [0.3, 0.4) is 0 Å². The highest BCUT2D eigenvalue weighted by Crippen LogP contribution is 2.43. The average Bonchev–Trinajstić information content (AvgIpc) is 3.17. The van der Waals surface area contributed by atoms with Crippen molar-refractivity contribution in [3.8, 4) is 5.75 Å². The molecule has 1 atom stereocenters. The summed E-state index contributed by atoms with van der Waals surface area (Å²) in [6.07, 6.45) is 5.87. The first-order valence-corrected chi connectivity index (χ1v) is 9.40. The number of para-hydroxylation sites is 1. The van der Waals surface area contributed by atoms with Gasteiger partial charge in [-0.2, -0.15) is 0 Å². The number of aromatic amines is 1. The number of likely N-dealkylation sites (tertiary alicyclic amines) is 1. The fraction of sp³-hybridized carbons (Fsp3) is 0.333. The summed E-state index contributed by atoms with van der Waals surface area (Å²) in [4.78, 5) is 22.3. The molecule has 1 saturated heterocycles. The lowest BCUT2D eigenvalue weighted by molar-refractivity contribution is -0.0174. The number of hydrogen-bond acceptors (Lipinski definition) is 4. The molecule has 0 bridgehead atoms. The minimum atomic E-state index is -0.272. The maximum absolute atomic E-state index is 13.1. The Bertz CT molecular complexity index is 1000. The Morgan fingerprint density at radius 1 is 1.22 bits per heavy atom. The summed E-state index contributed by atoms with van der Waals surface area (Å²) < 4.78 is 6.39. The van der Waals surface area contributed by atoms with Crippen LogP contribution in [0.1, 0.15) is 41.2 Å². The highest BCUT2D eigenvalue weighted by molar-refractivity contribution is 6.05. The molecule has 0 aliphatic carbocycles. The summed E-state index contributed by atoms with van der Waals surface area (Å²) >= 11 is 0. The number of aromatic nitrogens is 2. The first-order valence-electron chi connectivity index (χ1n) is 9.40. The topological polar surface area (TPSA) is 84.2 Å². The Labute approximate surface area is 157 Å². The van der Waals surface area contributed by atoms with Gasteiger partial charge in [0.1, 0.15) is 17.0 Å². The second kappa shape index (κ2) is 6.09. The van der Waals surface area contributed by atoms with Crippen LogP contribution in [0.15, 0.2) is 48.8 Å². The van der Waals surface area contributed by atoms with Crippen LogP contribution in [0.2, 0.25) is 0 Å². The number of amides is 1. The summed E-state index contributed by atoms with van der Waals surface area (Å²) in [5.74, 6) is 0.941. The van der Waals surface area contributed by atoms with Gasteiger partial charge in [0, 0.05) is 61.7 Å². The van der Waals surface area contributed by atoms with Gasteiger partial charge in [-0.25, -0.2) is 4.98 Å². The second-order valence-electron chi connectivity index (χ2n) is 7.52. The number of nitrogens with two attached hydrogens (primary N) is 1. The quantitative estimate of drug-likeness (QED) is 0.697. The van der Waals surface area contributed by atoms with Crippen molar-refractivity contribution in [2.75, 3.05) is 13.1 Å². The van der Waals surface area contributed by atoms with Gasteiger partial charge in [-0.15, -0.1) is 0 Å². The largest absolute Gasteiger partial charge is 0.487 e. The maximum atomic E-state index is 13.1. The molecule has 2 aliphatic heterocycles.